The molecule has 1 aliphatic rings. The van der Waals surface area contributed by atoms with E-state index in [0.717, 1.165) is 12.1 Å². The lowest BCUT2D eigenvalue weighted by Gasteiger charge is -2.30. The van der Waals surface area contributed by atoms with Gasteiger partial charge in [-0.15, -0.1) is 0 Å². The molecule has 0 unspecified atom stereocenters. The Bertz CT molecular complexity index is 921. The molecular weight excluding hydrogens is 442 g/mol. The molecule has 13 nitrogen and oxygen atoms in total. The molecule has 1 aromatic rings. The summed E-state index contributed by atoms with van der Waals surface area (Å²) in [6.07, 6.45) is -0.211. The summed E-state index contributed by atoms with van der Waals surface area (Å²) in [7, 11) is 0. The number of carbonyl (C=O) groups excluding carboxylic acids is 3. The first-order valence-electron chi connectivity index (χ1n) is 9.93. The van der Waals surface area contributed by atoms with Crippen molar-refractivity contribution in [3.63, 3.8) is 0 Å². The first-order valence-corrected chi connectivity index (χ1v) is 9.93. The van der Waals surface area contributed by atoms with Crippen molar-refractivity contribution in [3.8, 4) is 0 Å². The van der Waals surface area contributed by atoms with Crippen LogP contribution >= 0.6 is 0 Å². The molecule has 33 heavy (non-hydrogen) atoms. The first kappa shape index (κ1) is 25.2. The molecule has 1 amide bonds. The molecule has 13 heteroatoms. The molecule has 1 saturated heterocycles. The predicted octanol–water partition coefficient (Wildman–Crippen LogP) is 2.51. The lowest BCUT2D eigenvalue weighted by molar-refractivity contribution is -0.396. The zero-order valence-corrected chi connectivity index (χ0v) is 17.9. The largest absolute Gasteiger partial charge is 0.462 e. The number of nitro groups is 2. The van der Waals surface area contributed by atoms with Gasteiger partial charge < -0.3 is 19.1 Å². The van der Waals surface area contributed by atoms with Crippen LogP contribution in [0.3, 0.4) is 0 Å². The van der Waals surface area contributed by atoms with E-state index in [-0.39, 0.29) is 37.4 Å². The van der Waals surface area contributed by atoms with Crippen molar-refractivity contribution in [1.29, 1.82) is 0 Å². The van der Waals surface area contributed by atoms with Crippen LogP contribution in [-0.2, 0) is 30.4 Å². The maximum atomic E-state index is 12.3. The molecule has 1 heterocycles. The highest BCUT2D eigenvalue weighted by molar-refractivity contribution is 5.86. The van der Waals surface area contributed by atoms with Crippen molar-refractivity contribution < 1.29 is 38.4 Å². The number of rotatable bonds is 9. The lowest BCUT2D eigenvalue weighted by atomic mass is 9.97. The minimum absolute atomic E-state index is 0.0969. The summed E-state index contributed by atoms with van der Waals surface area (Å²) in [5.41, 5.74) is -1.12. The zero-order valence-electron chi connectivity index (χ0n) is 17.9. The van der Waals surface area contributed by atoms with Gasteiger partial charge in [-0.05, 0) is 25.8 Å². The van der Waals surface area contributed by atoms with Crippen LogP contribution in [0.25, 0.3) is 0 Å². The van der Waals surface area contributed by atoms with E-state index in [2.05, 4.69) is 6.58 Å². The third kappa shape index (κ3) is 6.98. The van der Waals surface area contributed by atoms with Gasteiger partial charge in [0.1, 0.15) is 25.4 Å². The van der Waals surface area contributed by atoms with Gasteiger partial charge in [0.25, 0.3) is 11.4 Å². The molecule has 1 fully saturated rings. The van der Waals surface area contributed by atoms with Crippen molar-refractivity contribution in [1.82, 2.24) is 4.90 Å². The Hall–Kier alpha value is -4.03. The highest BCUT2D eigenvalue weighted by Crippen LogP contribution is 2.29. The fraction of sp³-hybridized carbons (Fsp3) is 0.450. The van der Waals surface area contributed by atoms with E-state index in [9.17, 15) is 34.6 Å². The lowest BCUT2D eigenvalue weighted by Crippen LogP contribution is -2.41. The van der Waals surface area contributed by atoms with Crippen molar-refractivity contribution in [3.05, 3.63) is 56.1 Å². The van der Waals surface area contributed by atoms with Crippen molar-refractivity contribution in [2.75, 3.05) is 26.3 Å². The fourth-order valence-corrected chi connectivity index (χ4v) is 3.09. The highest BCUT2D eigenvalue weighted by atomic mass is 16.6. The third-order valence-electron chi connectivity index (χ3n) is 4.86. The summed E-state index contributed by atoms with van der Waals surface area (Å²) in [6.45, 7) is 4.43. The molecule has 1 aliphatic heterocycles. The molecule has 2 rings (SSSR count). The first-order chi connectivity index (χ1) is 15.6. The Balaban J connectivity index is 1.83. The number of amides is 1. The monoisotopic (exact) mass is 465 g/mol. The minimum atomic E-state index is -0.805. The van der Waals surface area contributed by atoms with Gasteiger partial charge >= 0.3 is 18.0 Å². The van der Waals surface area contributed by atoms with Gasteiger partial charge in [0, 0.05) is 30.8 Å². The van der Waals surface area contributed by atoms with Gasteiger partial charge in [-0.1, -0.05) is 6.58 Å². The van der Waals surface area contributed by atoms with E-state index in [1.54, 1.807) is 0 Å². The maximum absolute atomic E-state index is 12.3. The van der Waals surface area contributed by atoms with E-state index in [4.69, 9.17) is 14.2 Å². The van der Waals surface area contributed by atoms with E-state index < -0.39 is 51.8 Å². The van der Waals surface area contributed by atoms with Gasteiger partial charge in [0.2, 0.25) is 0 Å². The molecule has 0 radical (unpaired) electrons. The molecule has 0 bridgehead atoms. The molecule has 0 N–H and O–H groups in total. The van der Waals surface area contributed by atoms with E-state index in [0.29, 0.717) is 12.8 Å². The van der Waals surface area contributed by atoms with Crippen LogP contribution in [0.2, 0.25) is 0 Å². The number of hydrogen-bond acceptors (Lipinski definition) is 10. The molecule has 178 valence electrons. The number of carbonyl (C=O) groups is 3. The smallest absolute Gasteiger partial charge is 0.410 e. The number of hydrogen-bond donors (Lipinski definition) is 0. The van der Waals surface area contributed by atoms with Crippen LogP contribution < -0.4 is 0 Å². The van der Waals surface area contributed by atoms with Gasteiger partial charge in [0.15, 0.2) is 0 Å². The summed E-state index contributed by atoms with van der Waals surface area (Å²) < 4.78 is 15.0. The number of nitrogens with zero attached hydrogens (tertiary/aromatic N) is 3. The van der Waals surface area contributed by atoms with Crippen LogP contribution in [0.5, 0.6) is 0 Å². The third-order valence-corrected chi connectivity index (χ3v) is 4.86. The number of benzene rings is 1. The average Bonchev–Trinajstić information content (AvgIpc) is 2.79. The van der Waals surface area contributed by atoms with Gasteiger partial charge in [-0.3, -0.25) is 25.0 Å². The number of esters is 2. The molecule has 0 aliphatic carbocycles. The number of ether oxygens (including phenoxy) is 3. The average molecular weight is 465 g/mol. The summed E-state index contributed by atoms with van der Waals surface area (Å²) in [4.78, 5) is 57.8. The number of nitro benzene ring substituents is 2. The summed E-state index contributed by atoms with van der Waals surface area (Å²) in [5.74, 6) is -1.52. The minimum Gasteiger partial charge on any atom is -0.462 e. The molecule has 0 spiro atoms. The zero-order chi connectivity index (χ0) is 24.5. The Labute approximate surface area is 188 Å². The Morgan fingerprint density at radius 1 is 1.03 bits per heavy atom. The summed E-state index contributed by atoms with van der Waals surface area (Å²) in [6, 6.07) is 3.36. The molecule has 0 atom stereocenters. The predicted molar refractivity (Wildman–Crippen MR) is 111 cm³/mol. The standard InChI is InChI=1S/C20H23N3O10/c1-13(2)18(24)31-10-11-32-19(25)14-6-8-21(9-7-14)20(26)33-12-15-16(22(27)28)4-3-5-17(15)23(29)30/h3-5,14H,1,6-12H2,2H3. The second-order valence-corrected chi connectivity index (χ2v) is 7.19. The highest BCUT2D eigenvalue weighted by Gasteiger charge is 2.31. The van der Waals surface area contributed by atoms with E-state index in [1.807, 2.05) is 0 Å². The fourth-order valence-electron chi connectivity index (χ4n) is 3.09. The Morgan fingerprint density at radius 2 is 1.58 bits per heavy atom. The molecule has 0 saturated carbocycles. The van der Waals surface area contributed by atoms with Crippen LogP contribution in [0.15, 0.2) is 30.4 Å². The summed E-state index contributed by atoms with van der Waals surface area (Å²) >= 11 is 0. The molecule has 0 aromatic heterocycles. The number of piperidine rings is 1. The van der Waals surface area contributed by atoms with Crippen LogP contribution in [0.1, 0.15) is 25.3 Å². The van der Waals surface area contributed by atoms with Gasteiger partial charge in [-0.25, -0.2) is 9.59 Å². The summed E-state index contributed by atoms with van der Waals surface area (Å²) in [5, 5.41) is 22.3. The quantitative estimate of drug-likeness (QED) is 0.132. The molecular formula is C20H23N3O10. The Morgan fingerprint density at radius 3 is 2.09 bits per heavy atom. The van der Waals surface area contributed by atoms with E-state index in [1.165, 1.54) is 17.9 Å². The number of likely N-dealkylation sites (tertiary alicyclic amines) is 1. The van der Waals surface area contributed by atoms with Gasteiger partial charge in [-0.2, -0.15) is 0 Å². The second-order valence-electron chi connectivity index (χ2n) is 7.19. The SMILES string of the molecule is C=C(C)C(=O)OCCOC(=O)C1CCN(C(=O)OCc2c([N+](=O)[O-])cccc2[N+](=O)[O-])CC1. The maximum Gasteiger partial charge on any atom is 0.410 e. The van der Waals surface area contributed by atoms with Crippen LogP contribution in [0.4, 0.5) is 16.2 Å². The topological polar surface area (TPSA) is 168 Å². The van der Waals surface area contributed by atoms with Crippen LogP contribution in [0, 0.1) is 26.1 Å². The van der Waals surface area contributed by atoms with E-state index >= 15 is 0 Å². The van der Waals surface area contributed by atoms with Crippen LogP contribution in [-0.4, -0.2) is 59.1 Å². The van der Waals surface area contributed by atoms with Crippen molar-refractivity contribution >= 4 is 29.4 Å². The van der Waals surface area contributed by atoms with Gasteiger partial charge in [0.05, 0.1) is 15.8 Å². The second kappa shape index (κ2) is 11.5. The normalized spacial score (nSPS) is 13.7. The Kier molecular flexibility index (Phi) is 8.83. The van der Waals surface area contributed by atoms with Crippen molar-refractivity contribution in [2.24, 2.45) is 5.92 Å². The molecule has 1 aromatic carbocycles. The van der Waals surface area contributed by atoms with Crippen molar-refractivity contribution in [2.45, 2.75) is 26.4 Å².